The van der Waals surface area contributed by atoms with Crippen LogP contribution in [-0.2, 0) is 15.1 Å². The number of carboxylic acid groups (broad SMARTS) is 1. The van der Waals surface area contributed by atoms with Crippen LogP contribution in [0.2, 0.25) is 0 Å². The monoisotopic (exact) mass is 337 g/mol. The van der Waals surface area contributed by atoms with Crippen LogP contribution in [0, 0.1) is 0 Å². The van der Waals surface area contributed by atoms with Gasteiger partial charge in [-0.25, -0.2) is 9.59 Å². The van der Waals surface area contributed by atoms with E-state index in [0.29, 0.717) is 36.4 Å². The summed E-state index contributed by atoms with van der Waals surface area (Å²) in [5.74, 6) is 0.154. The molecule has 1 fully saturated rings. The third kappa shape index (κ3) is 3.72. The number of nitrogens with zero attached hydrogens (tertiary/aromatic N) is 1. The summed E-state index contributed by atoms with van der Waals surface area (Å²) in [6, 6.07) is 4.42. The molecule has 2 rings (SSSR count). The minimum absolute atomic E-state index is 0.382. The van der Waals surface area contributed by atoms with Gasteiger partial charge in [0, 0.05) is 18.2 Å². The first-order valence-corrected chi connectivity index (χ1v) is 7.74. The molecule has 1 aromatic rings. The molecule has 7 heteroatoms. The molecule has 1 heterocycles. The molecule has 0 radical (unpaired) electrons. The summed E-state index contributed by atoms with van der Waals surface area (Å²) >= 11 is 0. The normalized spacial score (nSPS) is 17.5. The summed E-state index contributed by atoms with van der Waals surface area (Å²) in [5, 5.41) is 9.20. The number of rotatable bonds is 5. The average molecular weight is 337 g/mol. The van der Waals surface area contributed by atoms with Crippen LogP contribution in [0.1, 0.15) is 32.3 Å². The first-order chi connectivity index (χ1) is 11.3. The summed E-state index contributed by atoms with van der Waals surface area (Å²) in [6.07, 6.45) is 0.462. The molecule has 1 aliphatic heterocycles. The molecule has 0 aliphatic carbocycles. The van der Waals surface area contributed by atoms with E-state index < -0.39 is 23.7 Å². The Morgan fingerprint density at radius 3 is 2.25 bits per heavy atom. The second-order valence-electron chi connectivity index (χ2n) is 6.17. The summed E-state index contributed by atoms with van der Waals surface area (Å²) in [4.78, 5) is 24.9. The predicted octanol–water partition coefficient (Wildman–Crippen LogP) is 2.62. The Bertz CT molecular complexity index is 605. The molecule has 132 valence electrons. The molecule has 0 unspecified atom stereocenters. The highest BCUT2D eigenvalue weighted by Gasteiger charge is 2.38. The average Bonchev–Trinajstić information content (AvgIpc) is 3.04. The maximum atomic E-state index is 12.4. The second kappa shape index (κ2) is 6.98. The van der Waals surface area contributed by atoms with E-state index in [1.54, 1.807) is 46.3 Å². The van der Waals surface area contributed by atoms with Gasteiger partial charge in [-0.1, -0.05) is 0 Å². The van der Waals surface area contributed by atoms with Gasteiger partial charge in [-0.15, -0.1) is 0 Å². The van der Waals surface area contributed by atoms with E-state index in [2.05, 4.69) is 0 Å². The van der Waals surface area contributed by atoms with E-state index in [4.69, 9.17) is 14.2 Å². The number of amides is 1. The molecule has 0 bridgehead atoms. The highest BCUT2D eigenvalue weighted by Crippen LogP contribution is 2.33. The molecule has 1 atom stereocenters. The van der Waals surface area contributed by atoms with Gasteiger partial charge < -0.3 is 19.3 Å². The van der Waals surface area contributed by atoms with Gasteiger partial charge in [0.15, 0.2) is 0 Å². The van der Waals surface area contributed by atoms with Crippen LogP contribution in [0.4, 0.5) is 4.79 Å². The van der Waals surface area contributed by atoms with Gasteiger partial charge >= 0.3 is 12.1 Å². The van der Waals surface area contributed by atoms with Crippen molar-refractivity contribution < 1.29 is 28.9 Å². The van der Waals surface area contributed by atoms with Crippen LogP contribution in [0.3, 0.4) is 0 Å². The fourth-order valence-corrected chi connectivity index (χ4v) is 2.73. The number of hydrogen-bond acceptors (Lipinski definition) is 5. The van der Waals surface area contributed by atoms with Crippen molar-refractivity contribution in [3.8, 4) is 11.5 Å². The zero-order valence-electron chi connectivity index (χ0n) is 14.4. The molecule has 1 saturated heterocycles. The third-order valence-electron chi connectivity index (χ3n) is 4.16. The standard InChI is InChI=1S/C17H23NO6/c1-17(2,11-8-12(22-3)10-13(9-11)23-4)24-16(21)18-7-5-6-14(18)15(19)20/h8-10,14H,5-7H2,1-4H3,(H,19,20)/t14-/m0/s1. The first kappa shape index (κ1) is 17.9. The Hall–Kier alpha value is -2.44. The molecule has 0 aromatic heterocycles. The smallest absolute Gasteiger partial charge is 0.411 e. The van der Waals surface area contributed by atoms with Crippen LogP contribution in [0.5, 0.6) is 11.5 Å². The quantitative estimate of drug-likeness (QED) is 0.889. The SMILES string of the molecule is COc1cc(OC)cc(C(C)(C)OC(=O)N2CCC[C@H]2C(=O)O)c1. The van der Waals surface area contributed by atoms with E-state index in [9.17, 15) is 14.7 Å². The largest absolute Gasteiger partial charge is 0.497 e. The number of carbonyl (C=O) groups excluding carboxylic acids is 1. The van der Waals surface area contributed by atoms with Crippen LogP contribution < -0.4 is 9.47 Å². The lowest BCUT2D eigenvalue weighted by atomic mass is 9.97. The zero-order valence-corrected chi connectivity index (χ0v) is 14.4. The number of hydrogen-bond donors (Lipinski definition) is 1. The van der Waals surface area contributed by atoms with E-state index in [1.165, 1.54) is 4.90 Å². The van der Waals surface area contributed by atoms with Crippen LogP contribution in [0.15, 0.2) is 18.2 Å². The molecular formula is C17H23NO6. The highest BCUT2D eigenvalue weighted by atomic mass is 16.6. The third-order valence-corrected chi connectivity index (χ3v) is 4.16. The number of carbonyl (C=O) groups is 2. The Kier molecular flexibility index (Phi) is 5.21. The highest BCUT2D eigenvalue weighted by molar-refractivity contribution is 5.80. The van der Waals surface area contributed by atoms with Crippen LogP contribution in [0.25, 0.3) is 0 Å². The molecule has 1 amide bonds. The Morgan fingerprint density at radius 1 is 1.17 bits per heavy atom. The van der Waals surface area contributed by atoms with Crippen molar-refractivity contribution in [2.24, 2.45) is 0 Å². The van der Waals surface area contributed by atoms with Crippen LogP contribution >= 0.6 is 0 Å². The van der Waals surface area contributed by atoms with E-state index in [0.717, 1.165) is 0 Å². The number of likely N-dealkylation sites (tertiary alicyclic amines) is 1. The Balaban J connectivity index is 2.21. The second-order valence-corrected chi connectivity index (χ2v) is 6.17. The van der Waals surface area contributed by atoms with Crippen molar-refractivity contribution in [2.45, 2.75) is 38.3 Å². The summed E-state index contributed by atoms with van der Waals surface area (Å²) in [5.41, 5.74) is -0.275. The van der Waals surface area contributed by atoms with Crippen molar-refractivity contribution in [1.29, 1.82) is 0 Å². The zero-order chi connectivity index (χ0) is 17.9. The van der Waals surface area contributed by atoms with Gasteiger partial charge in [-0.2, -0.15) is 0 Å². The molecular weight excluding hydrogens is 314 g/mol. The molecule has 1 aromatic carbocycles. The van der Waals surface area contributed by atoms with Gasteiger partial charge in [-0.3, -0.25) is 4.90 Å². The summed E-state index contributed by atoms with van der Waals surface area (Å²) in [6.45, 7) is 3.86. The minimum atomic E-state index is -1.01. The number of ether oxygens (including phenoxy) is 3. The van der Waals surface area contributed by atoms with Gasteiger partial charge in [0.1, 0.15) is 23.1 Å². The van der Waals surface area contributed by atoms with Gasteiger partial charge in [0.25, 0.3) is 0 Å². The number of carboxylic acids is 1. The number of aliphatic carboxylic acids is 1. The number of methoxy groups -OCH3 is 2. The van der Waals surface area contributed by atoms with E-state index in [1.807, 2.05) is 0 Å². The molecule has 1 aliphatic rings. The molecule has 24 heavy (non-hydrogen) atoms. The topological polar surface area (TPSA) is 85.3 Å². The van der Waals surface area contributed by atoms with Crippen molar-refractivity contribution in [3.05, 3.63) is 23.8 Å². The van der Waals surface area contributed by atoms with Crippen molar-refractivity contribution in [3.63, 3.8) is 0 Å². The fraction of sp³-hybridized carbons (Fsp3) is 0.529. The van der Waals surface area contributed by atoms with Crippen molar-refractivity contribution in [1.82, 2.24) is 4.90 Å². The maximum absolute atomic E-state index is 12.4. The molecule has 0 spiro atoms. The lowest BCUT2D eigenvalue weighted by Crippen LogP contribution is -2.43. The van der Waals surface area contributed by atoms with Crippen molar-refractivity contribution in [2.75, 3.05) is 20.8 Å². The van der Waals surface area contributed by atoms with E-state index >= 15 is 0 Å². The predicted molar refractivity (Wildman–Crippen MR) is 86.4 cm³/mol. The van der Waals surface area contributed by atoms with Gasteiger partial charge in [0.2, 0.25) is 0 Å². The van der Waals surface area contributed by atoms with Gasteiger partial charge in [-0.05, 0) is 38.8 Å². The number of benzene rings is 1. The first-order valence-electron chi connectivity index (χ1n) is 7.74. The summed E-state index contributed by atoms with van der Waals surface area (Å²) in [7, 11) is 3.08. The van der Waals surface area contributed by atoms with E-state index in [-0.39, 0.29) is 0 Å². The minimum Gasteiger partial charge on any atom is -0.497 e. The molecule has 0 saturated carbocycles. The summed E-state index contributed by atoms with van der Waals surface area (Å²) < 4.78 is 16.1. The Labute approximate surface area is 141 Å². The fourth-order valence-electron chi connectivity index (χ4n) is 2.73. The molecule has 1 N–H and O–H groups in total. The molecule has 7 nitrogen and oxygen atoms in total. The lowest BCUT2D eigenvalue weighted by Gasteiger charge is -2.30. The maximum Gasteiger partial charge on any atom is 0.411 e. The Morgan fingerprint density at radius 2 is 1.75 bits per heavy atom. The van der Waals surface area contributed by atoms with Crippen LogP contribution in [-0.4, -0.2) is 48.9 Å². The van der Waals surface area contributed by atoms with Gasteiger partial charge in [0.05, 0.1) is 14.2 Å². The lowest BCUT2D eigenvalue weighted by molar-refractivity contribution is -0.142. The van der Waals surface area contributed by atoms with Crippen molar-refractivity contribution >= 4 is 12.1 Å².